The highest BCUT2D eigenvalue weighted by Crippen LogP contribution is 2.15. The molecule has 0 aromatic heterocycles. The molecular formula is C5H8ClIO2. The number of carboxylic acid groups (broad SMARTS) is 1. The van der Waals surface area contributed by atoms with E-state index < -0.39 is 9.89 Å². The minimum atomic E-state index is -0.836. The van der Waals surface area contributed by atoms with Gasteiger partial charge in [-0.05, 0) is 6.42 Å². The second-order valence-corrected chi connectivity index (χ2v) is 3.57. The van der Waals surface area contributed by atoms with Crippen LogP contribution in [-0.4, -0.2) is 20.4 Å². The Labute approximate surface area is 72.7 Å². The second-order valence-electron chi connectivity index (χ2n) is 1.66. The van der Waals surface area contributed by atoms with Crippen LogP contribution in [0.2, 0.25) is 0 Å². The van der Waals surface area contributed by atoms with E-state index in [4.69, 9.17) is 16.7 Å². The molecule has 9 heavy (non-hydrogen) atoms. The van der Waals surface area contributed by atoms with E-state index >= 15 is 0 Å². The summed E-state index contributed by atoms with van der Waals surface area (Å²) in [4.78, 5) is 10.2. The van der Waals surface area contributed by atoms with Crippen LogP contribution >= 0.6 is 34.2 Å². The van der Waals surface area contributed by atoms with Crippen molar-refractivity contribution >= 4 is 40.2 Å². The molecule has 1 N–H and O–H groups in total. The van der Waals surface area contributed by atoms with E-state index in [-0.39, 0.29) is 5.38 Å². The van der Waals surface area contributed by atoms with E-state index in [9.17, 15) is 4.79 Å². The molecular weight excluding hydrogens is 254 g/mol. The molecule has 0 aromatic rings. The average Bonchev–Trinajstić information content (AvgIpc) is 1.84. The smallest absolute Gasteiger partial charge is 0.317 e. The Morgan fingerprint density at radius 1 is 1.89 bits per heavy atom. The summed E-state index contributed by atoms with van der Waals surface area (Å²) in [7, 11) is 0. The van der Waals surface area contributed by atoms with Gasteiger partial charge in [0.1, 0.15) is 3.92 Å². The first-order valence-electron chi connectivity index (χ1n) is 2.60. The first-order valence-corrected chi connectivity index (χ1v) is 4.28. The number of aliphatic carboxylic acids is 1. The van der Waals surface area contributed by atoms with Crippen molar-refractivity contribution in [3.8, 4) is 0 Å². The minimum absolute atomic E-state index is 0.247. The summed E-state index contributed by atoms with van der Waals surface area (Å²) in [6.45, 7) is 1.87. The van der Waals surface area contributed by atoms with Crippen molar-refractivity contribution in [2.75, 3.05) is 0 Å². The summed E-state index contributed by atoms with van der Waals surface area (Å²) < 4.78 is -0.464. The molecule has 0 aliphatic carbocycles. The van der Waals surface area contributed by atoms with Crippen LogP contribution in [0, 0.1) is 0 Å². The number of carboxylic acids is 1. The van der Waals surface area contributed by atoms with Crippen LogP contribution in [0.15, 0.2) is 0 Å². The Bertz CT molecular complexity index is 107. The lowest BCUT2D eigenvalue weighted by Gasteiger charge is -2.07. The van der Waals surface area contributed by atoms with E-state index in [0.717, 1.165) is 0 Å². The zero-order valence-corrected chi connectivity index (χ0v) is 7.89. The third-order valence-electron chi connectivity index (χ3n) is 0.943. The Hall–Kier alpha value is 0.490. The first-order chi connectivity index (χ1) is 4.09. The highest BCUT2D eigenvalue weighted by Gasteiger charge is 2.20. The molecule has 0 bridgehead atoms. The zero-order chi connectivity index (χ0) is 7.44. The molecule has 0 aliphatic rings. The van der Waals surface area contributed by atoms with Crippen molar-refractivity contribution in [3.05, 3.63) is 0 Å². The number of rotatable bonds is 3. The maximum absolute atomic E-state index is 10.2. The predicted molar refractivity (Wildman–Crippen MR) is 45.4 cm³/mol. The molecule has 0 saturated heterocycles. The molecule has 0 radical (unpaired) electrons. The van der Waals surface area contributed by atoms with Crippen molar-refractivity contribution in [2.24, 2.45) is 0 Å². The fourth-order valence-corrected chi connectivity index (χ4v) is 0.978. The number of hydrogen-bond donors (Lipinski definition) is 1. The molecule has 2 atom stereocenters. The lowest BCUT2D eigenvalue weighted by molar-refractivity contribution is -0.136. The van der Waals surface area contributed by atoms with Gasteiger partial charge in [-0.2, -0.15) is 0 Å². The Balaban J connectivity index is 3.72. The third kappa shape index (κ3) is 3.25. The van der Waals surface area contributed by atoms with Gasteiger partial charge in [0, 0.05) is 0 Å². The molecule has 0 heterocycles. The van der Waals surface area contributed by atoms with E-state index in [1.807, 2.05) is 29.5 Å². The first kappa shape index (κ1) is 9.49. The third-order valence-corrected chi connectivity index (χ3v) is 3.33. The highest BCUT2D eigenvalue weighted by atomic mass is 127. The number of hydrogen-bond acceptors (Lipinski definition) is 1. The van der Waals surface area contributed by atoms with E-state index in [2.05, 4.69) is 0 Å². The molecule has 4 heteroatoms. The van der Waals surface area contributed by atoms with Crippen LogP contribution in [0.1, 0.15) is 13.3 Å². The monoisotopic (exact) mass is 262 g/mol. The maximum Gasteiger partial charge on any atom is 0.317 e. The van der Waals surface area contributed by atoms with Gasteiger partial charge in [0.25, 0.3) is 0 Å². The topological polar surface area (TPSA) is 37.3 Å². The molecule has 54 valence electrons. The largest absolute Gasteiger partial charge is 0.480 e. The standard InChI is InChI=1S/C5H8ClIO2/c1-2-3(6)4(7)5(8)9/h3-4H,2H2,1H3,(H,8,9). The lowest BCUT2D eigenvalue weighted by atomic mass is 10.2. The van der Waals surface area contributed by atoms with Gasteiger partial charge in [0.05, 0.1) is 5.38 Å². The minimum Gasteiger partial charge on any atom is -0.480 e. The van der Waals surface area contributed by atoms with Crippen LogP contribution in [-0.2, 0) is 4.79 Å². The van der Waals surface area contributed by atoms with Gasteiger partial charge in [0.15, 0.2) is 0 Å². The molecule has 2 nitrogen and oxygen atoms in total. The van der Waals surface area contributed by atoms with Crippen LogP contribution in [0.25, 0.3) is 0 Å². The van der Waals surface area contributed by atoms with Gasteiger partial charge >= 0.3 is 5.97 Å². The summed E-state index contributed by atoms with van der Waals surface area (Å²) in [6, 6.07) is 0. The summed E-state index contributed by atoms with van der Waals surface area (Å²) in [5.74, 6) is -0.836. The maximum atomic E-state index is 10.2. The van der Waals surface area contributed by atoms with E-state index in [1.54, 1.807) is 0 Å². The Kier molecular flexibility index (Phi) is 4.56. The molecule has 0 spiro atoms. The fourth-order valence-electron chi connectivity index (χ4n) is 0.362. The van der Waals surface area contributed by atoms with Crippen molar-refractivity contribution in [2.45, 2.75) is 22.6 Å². The highest BCUT2D eigenvalue weighted by molar-refractivity contribution is 14.1. The fraction of sp³-hybridized carbons (Fsp3) is 0.800. The van der Waals surface area contributed by atoms with Gasteiger partial charge in [-0.15, -0.1) is 11.6 Å². The van der Waals surface area contributed by atoms with Crippen molar-refractivity contribution in [3.63, 3.8) is 0 Å². The molecule has 0 amide bonds. The van der Waals surface area contributed by atoms with Gasteiger partial charge in [0.2, 0.25) is 0 Å². The Morgan fingerprint density at radius 3 is 2.44 bits per heavy atom. The molecule has 0 aliphatic heterocycles. The van der Waals surface area contributed by atoms with Crippen molar-refractivity contribution in [1.29, 1.82) is 0 Å². The summed E-state index contributed by atoms with van der Waals surface area (Å²) >= 11 is 7.45. The van der Waals surface area contributed by atoms with E-state index in [1.165, 1.54) is 0 Å². The van der Waals surface area contributed by atoms with Gasteiger partial charge in [-0.1, -0.05) is 29.5 Å². The van der Waals surface area contributed by atoms with E-state index in [0.29, 0.717) is 6.42 Å². The quantitative estimate of drug-likeness (QED) is 0.623. The molecule has 0 aromatic carbocycles. The molecule has 0 fully saturated rings. The molecule has 0 saturated carbocycles. The molecule has 2 unspecified atom stereocenters. The van der Waals surface area contributed by atoms with Crippen molar-refractivity contribution in [1.82, 2.24) is 0 Å². The summed E-state index contributed by atoms with van der Waals surface area (Å²) in [5.41, 5.74) is 0. The van der Waals surface area contributed by atoms with Crippen LogP contribution in [0.3, 0.4) is 0 Å². The average molecular weight is 262 g/mol. The SMILES string of the molecule is CCC(Cl)C(I)C(=O)O. The van der Waals surface area contributed by atoms with Gasteiger partial charge in [-0.3, -0.25) is 4.79 Å². The van der Waals surface area contributed by atoms with Crippen molar-refractivity contribution < 1.29 is 9.90 Å². The number of alkyl halides is 2. The lowest BCUT2D eigenvalue weighted by Crippen LogP contribution is -2.22. The van der Waals surface area contributed by atoms with Crippen LogP contribution in [0.4, 0.5) is 0 Å². The number of carbonyl (C=O) groups is 1. The van der Waals surface area contributed by atoms with Gasteiger partial charge < -0.3 is 5.11 Å². The zero-order valence-electron chi connectivity index (χ0n) is 4.97. The van der Waals surface area contributed by atoms with Crippen LogP contribution < -0.4 is 0 Å². The van der Waals surface area contributed by atoms with Crippen LogP contribution in [0.5, 0.6) is 0 Å². The summed E-state index contributed by atoms with van der Waals surface area (Å²) in [6.07, 6.45) is 0.696. The number of halogens is 2. The van der Waals surface area contributed by atoms with Gasteiger partial charge in [-0.25, -0.2) is 0 Å². The summed E-state index contributed by atoms with van der Waals surface area (Å²) in [5, 5.41) is 8.14. The second kappa shape index (κ2) is 4.33. The normalized spacial score (nSPS) is 16.8. The molecule has 0 rings (SSSR count). The predicted octanol–water partition coefficient (Wildman–Crippen LogP) is 1.89. The Morgan fingerprint density at radius 2 is 2.33 bits per heavy atom.